The highest BCUT2D eigenvalue weighted by molar-refractivity contribution is 6.35. The number of hydrogen-bond donors (Lipinski definition) is 2. The summed E-state index contributed by atoms with van der Waals surface area (Å²) in [5.41, 5.74) is 6.27. The van der Waals surface area contributed by atoms with Crippen molar-refractivity contribution in [1.29, 1.82) is 0 Å². The van der Waals surface area contributed by atoms with Gasteiger partial charge in [-0.05, 0) is 17.7 Å². The predicted molar refractivity (Wildman–Crippen MR) is 52.2 cm³/mol. The molecule has 5 heteroatoms. The number of anilines is 1. The largest absolute Gasteiger partial charge is 0.481 e. The number of carbonyl (C=O) groups is 1. The van der Waals surface area contributed by atoms with Gasteiger partial charge in [-0.3, -0.25) is 4.79 Å². The second-order valence-electron chi connectivity index (χ2n) is 2.54. The Kier molecular flexibility index (Phi) is 3.01. The molecule has 0 unspecified atom stereocenters. The zero-order valence-electron chi connectivity index (χ0n) is 6.55. The Morgan fingerprint density at radius 1 is 1.38 bits per heavy atom. The van der Waals surface area contributed by atoms with E-state index in [1.54, 1.807) is 0 Å². The fourth-order valence-corrected chi connectivity index (χ4v) is 1.33. The van der Waals surface area contributed by atoms with E-state index in [0.717, 1.165) is 0 Å². The minimum absolute atomic E-state index is 0.154. The predicted octanol–water partition coefficient (Wildman–Crippen LogP) is 2.20. The number of nitrogen functional groups attached to an aromatic ring is 1. The van der Waals surface area contributed by atoms with E-state index in [-0.39, 0.29) is 6.42 Å². The number of carboxylic acids is 1. The lowest BCUT2D eigenvalue weighted by Crippen LogP contribution is -2.01. The molecule has 0 radical (unpaired) electrons. The van der Waals surface area contributed by atoms with Crippen molar-refractivity contribution in [3.05, 3.63) is 27.7 Å². The molecule has 70 valence electrons. The molecular formula is C8H7Cl2NO2. The van der Waals surface area contributed by atoms with E-state index in [4.69, 9.17) is 34.0 Å². The second-order valence-corrected chi connectivity index (χ2v) is 3.35. The van der Waals surface area contributed by atoms with Crippen LogP contribution in [-0.4, -0.2) is 11.1 Å². The smallest absolute Gasteiger partial charge is 0.307 e. The first-order chi connectivity index (χ1) is 6.00. The summed E-state index contributed by atoms with van der Waals surface area (Å²) in [6, 6.07) is 2.91. The van der Waals surface area contributed by atoms with Crippen molar-refractivity contribution in [1.82, 2.24) is 0 Å². The summed E-state index contributed by atoms with van der Waals surface area (Å²) in [5, 5.41) is 9.16. The number of halogens is 2. The summed E-state index contributed by atoms with van der Waals surface area (Å²) in [4.78, 5) is 10.4. The maximum absolute atomic E-state index is 10.4. The van der Waals surface area contributed by atoms with E-state index < -0.39 is 5.97 Å². The van der Waals surface area contributed by atoms with E-state index in [0.29, 0.717) is 21.3 Å². The minimum Gasteiger partial charge on any atom is -0.481 e. The number of hydrogen-bond acceptors (Lipinski definition) is 2. The molecule has 1 rings (SSSR count). The van der Waals surface area contributed by atoms with Crippen LogP contribution in [0.3, 0.4) is 0 Å². The van der Waals surface area contributed by atoms with Gasteiger partial charge < -0.3 is 10.8 Å². The normalized spacial score (nSPS) is 10.0. The summed E-state index contributed by atoms with van der Waals surface area (Å²) >= 11 is 11.4. The Hall–Kier alpha value is -0.930. The molecule has 0 aromatic heterocycles. The van der Waals surface area contributed by atoms with Gasteiger partial charge in [0.25, 0.3) is 0 Å². The molecule has 0 saturated heterocycles. The van der Waals surface area contributed by atoms with Crippen molar-refractivity contribution in [3.63, 3.8) is 0 Å². The molecule has 0 saturated carbocycles. The van der Waals surface area contributed by atoms with Gasteiger partial charge in [-0.1, -0.05) is 23.2 Å². The van der Waals surface area contributed by atoms with Crippen LogP contribution in [0.4, 0.5) is 5.69 Å². The average molecular weight is 220 g/mol. The number of rotatable bonds is 2. The van der Waals surface area contributed by atoms with Crippen LogP contribution in [0.1, 0.15) is 5.56 Å². The lowest BCUT2D eigenvalue weighted by Gasteiger charge is -2.04. The zero-order chi connectivity index (χ0) is 10.0. The molecule has 0 fully saturated rings. The standard InChI is InChI=1S/C8H7Cl2NO2/c9-5-3-7(11)6(10)1-4(5)2-8(12)13/h1,3H,2,11H2,(H,12,13). The Labute approximate surface area is 85.1 Å². The van der Waals surface area contributed by atoms with Crippen molar-refractivity contribution in [3.8, 4) is 0 Å². The molecule has 0 aliphatic rings. The first-order valence-electron chi connectivity index (χ1n) is 3.46. The van der Waals surface area contributed by atoms with E-state index in [1.165, 1.54) is 12.1 Å². The van der Waals surface area contributed by atoms with Crippen molar-refractivity contribution >= 4 is 34.9 Å². The van der Waals surface area contributed by atoms with Gasteiger partial charge in [-0.15, -0.1) is 0 Å². The topological polar surface area (TPSA) is 63.3 Å². The third-order valence-electron chi connectivity index (χ3n) is 1.51. The highest BCUT2D eigenvalue weighted by atomic mass is 35.5. The van der Waals surface area contributed by atoms with Gasteiger partial charge in [-0.25, -0.2) is 0 Å². The first kappa shape index (κ1) is 10.2. The molecule has 1 aromatic rings. The lowest BCUT2D eigenvalue weighted by atomic mass is 10.1. The third kappa shape index (κ3) is 2.50. The van der Waals surface area contributed by atoms with Crippen LogP contribution < -0.4 is 5.73 Å². The van der Waals surface area contributed by atoms with Gasteiger partial charge in [0.2, 0.25) is 0 Å². The van der Waals surface area contributed by atoms with Crippen LogP contribution >= 0.6 is 23.2 Å². The molecule has 3 N–H and O–H groups in total. The molecule has 0 aliphatic heterocycles. The molecule has 0 aliphatic carbocycles. The number of nitrogens with two attached hydrogens (primary N) is 1. The molecule has 0 spiro atoms. The van der Waals surface area contributed by atoms with Gasteiger partial charge in [0.15, 0.2) is 0 Å². The van der Waals surface area contributed by atoms with Crippen molar-refractivity contribution in [2.45, 2.75) is 6.42 Å². The first-order valence-corrected chi connectivity index (χ1v) is 4.21. The molecular weight excluding hydrogens is 213 g/mol. The Balaban J connectivity index is 3.08. The number of aliphatic carboxylic acids is 1. The lowest BCUT2D eigenvalue weighted by molar-refractivity contribution is -0.136. The molecule has 0 atom stereocenters. The summed E-state index contributed by atoms with van der Waals surface area (Å²) in [5.74, 6) is -0.956. The Morgan fingerprint density at radius 2 is 2.00 bits per heavy atom. The molecule has 1 aromatic carbocycles. The van der Waals surface area contributed by atoms with Crippen LogP contribution in [0, 0.1) is 0 Å². The minimum atomic E-state index is -0.956. The van der Waals surface area contributed by atoms with Crippen LogP contribution in [0.15, 0.2) is 12.1 Å². The van der Waals surface area contributed by atoms with Crippen molar-refractivity contribution in [2.75, 3.05) is 5.73 Å². The molecule has 0 heterocycles. The summed E-state index contributed by atoms with van der Waals surface area (Å²) in [6.07, 6.45) is -0.154. The molecule has 0 amide bonds. The summed E-state index contributed by atoms with van der Waals surface area (Å²) in [7, 11) is 0. The fraction of sp³-hybridized carbons (Fsp3) is 0.125. The molecule has 3 nitrogen and oxygen atoms in total. The number of carboxylic acid groups (broad SMARTS) is 1. The van der Waals surface area contributed by atoms with Gasteiger partial charge in [0, 0.05) is 5.02 Å². The second kappa shape index (κ2) is 3.85. The van der Waals surface area contributed by atoms with Gasteiger partial charge >= 0.3 is 5.97 Å². The SMILES string of the molecule is Nc1cc(Cl)c(CC(=O)O)cc1Cl. The third-order valence-corrected chi connectivity index (χ3v) is 2.19. The highest BCUT2D eigenvalue weighted by Crippen LogP contribution is 2.27. The van der Waals surface area contributed by atoms with Gasteiger partial charge in [-0.2, -0.15) is 0 Å². The summed E-state index contributed by atoms with van der Waals surface area (Å²) < 4.78 is 0. The van der Waals surface area contributed by atoms with E-state index in [1.807, 2.05) is 0 Å². The van der Waals surface area contributed by atoms with Gasteiger partial charge in [0.05, 0.1) is 17.1 Å². The summed E-state index contributed by atoms with van der Waals surface area (Å²) in [6.45, 7) is 0. The van der Waals surface area contributed by atoms with E-state index in [2.05, 4.69) is 0 Å². The molecule has 13 heavy (non-hydrogen) atoms. The maximum atomic E-state index is 10.4. The molecule has 0 bridgehead atoms. The Bertz CT molecular complexity index is 352. The quantitative estimate of drug-likeness (QED) is 0.751. The van der Waals surface area contributed by atoms with Crippen molar-refractivity contribution in [2.24, 2.45) is 0 Å². The van der Waals surface area contributed by atoms with Crippen LogP contribution in [0.25, 0.3) is 0 Å². The van der Waals surface area contributed by atoms with E-state index in [9.17, 15) is 4.79 Å². The monoisotopic (exact) mass is 219 g/mol. The van der Waals surface area contributed by atoms with Crippen LogP contribution in [-0.2, 0) is 11.2 Å². The fourth-order valence-electron chi connectivity index (χ4n) is 0.902. The average Bonchev–Trinajstić information content (AvgIpc) is 1.99. The Morgan fingerprint density at radius 3 is 2.54 bits per heavy atom. The zero-order valence-corrected chi connectivity index (χ0v) is 8.06. The maximum Gasteiger partial charge on any atom is 0.307 e. The van der Waals surface area contributed by atoms with Gasteiger partial charge in [0.1, 0.15) is 0 Å². The van der Waals surface area contributed by atoms with Crippen molar-refractivity contribution < 1.29 is 9.90 Å². The number of benzene rings is 1. The van der Waals surface area contributed by atoms with E-state index >= 15 is 0 Å². The van der Waals surface area contributed by atoms with Crippen LogP contribution in [0.2, 0.25) is 10.0 Å². The van der Waals surface area contributed by atoms with Crippen LogP contribution in [0.5, 0.6) is 0 Å². The highest BCUT2D eigenvalue weighted by Gasteiger charge is 2.08.